The predicted octanol–water partition coefficient (Wildman–Crippen LogP) is 4.63. The lowest BCUT2D eigenvalue weighted by Gasteiger charge is -2.24. The summed E-state index contributed by atoms with van der Waals surface area (Å²) in [4.78, 5) is 25.5. The number of esters is 1. The fraction of sp³-hybridized carbons (Fsp3) is 0.364. The first kappa shape index (κ1) is 23.8. The van der Waals surface area contributed by atoms with Gasteiger partial charge in [0.05, 0.1) is 35.1 Å². The molecule has 1 amide bonds. The molecule has 1 heterocycles. The summed E-state index contributed by atoms with van der Waals surface area (Å²) in [5, 5.41) is 0. The van der Waals surface area contributed by atoms with E-state index in [9.17, 15) is 31.2 Å². The zero-order valence-electron chi connectivity index (χ0n) is 17.5. The summed E-state index contributed by atoms with van der Waals surface area (Å²) in [6.45, 7) is 3.54. The van der Waals surface area contributed by atoms with Crippen LogP contribution in [-0.2, 0) is 25.7 Å². The van der Waals surface area contributed by atoms with Crippen molar-refractivity contribution in [2.75, 3.05) is 6.61 Å². The first-order valence-electron chi connectivity index (χ1n) is 10.00. The Morgan fingerprint density at radius 3 is 2.44 bits per heavy atom. The summed E-state index contributed by atoms with van der Waals surface area (Å²) in [6.07, 6.45) is -4.00. The van der Waals surface area contributed by atoms with Crippen LogP contribution in [0.15, 0.2) is 47.4 Å². The van der Waals surface area contributed by atoms with Gasteiger partial charge in [0.2, 0.25) is 0 Å². The monoisotopic (exact) mass is 469 g/mol. The third kappa shape index (κ3) is 4.36. The van der Waals surface area contributed by atoms with Gasteiger partial charge in [-0.05, 0) is 36.6 Å². The second-order valence-electron chi connectivity index (χ2n) is 7.44. The van der Waals surface area contributed by atoms with Crippen LogP contribution in [0.2, 0.25) is 0 Å². The van der Waals surface area contributed by atoms with E-state index in [2.05, 4.69) is 0 Å². The Kier molecular flexibility index (Phi) is 6.64. The summed E-state index contributed by atoms with van der Waals surface area (Å²) in [5.74, 6) is -2.09. The molecule has 1 aliphatic heterocycles. The predicted molar refractivity (Wildman–Crippen MR) is 109 cm³/mol. The molecule has 1 unspecified atom stereocenters. The van der Waals surface area contributed by atoms with Crippen molar-refractivity contribution in [3.63, 3.8) is 0 Å². The molecule has 2 aromatic rings. The number of rotatable bonds is 6. The van der Waals surface area contributed by atoms with E-state index in [1.807, 2.05) is 6.92 Å². The van der Waals surface area contributed by atoms with Crippen LogP contribution in [0.3, 0.4) is 0 Å². The lowest BCUT2D eigenvalue weighted by molar-refractivity contribution is -0.144. The lowest BCUT2D eigenvalue weighted by Crippen LogP contribution is -2.37. The van der Waals surface area contributed by atoms with E-state index in [0.29, 0.717) is 22.4 Å². The van der Waals surface area contributed by atoms with Crippen molar-refractivity contribution >= 4 is 21.9 Å². The Morgan fingerprint density at radius 1 is 1.09 bits per heavy atom. The van der Waals surface area contributed by atoms with E-state index in [1.54, 1.807) is 6.07 Å². The quantitative estimate of drug-likeness (QED) is 0.455. The summed E-state index contributed by atoms with van der Waals surface area (Å²) in [7, 11) is -4.50. The molecule has 0 radical (unpaired) electrons. The fourth-order valence-electron chi connectivity index (χ4n) is 3.71. The molecule has 6 nitrogen and oxygen atoms in total. The molecule has 172 valence electrons. The van der Waals surface area contributed by atoms with Gasteiger partial charge in [0.1, 0.15) is 0 Å². The number of hydrogen-bond donors (Lipinski definition) is 0. The summed E-state index contributed by atoms with van der Waals surface area (Å²) in [5.41, 5.74) is -1.56. The standard InChI is InChI=1S/C22H22F3NO5S/c1-3-4-12-31-19(27)13-18-16-10-7-8-14(2)20(16)32(29,30)26(18)21(28)15-9-5-6-11-17(15)22(23,24)25/h5-11,18H,3-4,12-13H2,1-2H3. The van der Waals surface area contributed by atoms with Crippen molar-refractivity contribution in [2.24, 2.45) is 0 Å². The molecule has 0 spiro atoms. The Balaban J connectivity index is 2.10. The summed E-state index contributed by atoms with van der Waals surface area (Å²) in [6, 6.07) is 7.19. The van der Waals surface area contributed by atoms with Crippen molar-refractivity contribution in [3.05, 3.63) is 64.7 Å². The van der Waals surface area contributed by atoms with Crippen molar-refractivity contribution in [1.29, 1.82) is 0 Å². The van der Waals surface area contributed by atoms with Gasteiger partial charge < -0.3 is 4.74 Å². The number of sulfonamides is 1. The molecule has 10 heteroatoms. The van der Waals surface area contributed by atoms with E-state index in [0.717, 1.165) is 18.6 Å². The van der Waals surface area contributed by atoms with E-state index in [-0.39, 0.29) is 17.1 Å². The SMILES string of the molecule is CCCCOC(=O)CC1c2cccc(C)c2S(=O)(=O)N1C(=O)c1ccccc1C(F)(F)F. The number of carbonyl (C=O) groups excluding carboxylic acids is 2. The maximum Gasteiger partial charge on any atom is 0.417 e. The van der Waals surface area contributed by atoms with Crippen LogP contribution in [0.5, 0.6) is 0 Å². The van der Waals surface area contributed by atoms with Crippen molar-refractivity contribution in [3.8, 4) is 0 Å². The number of halogens is 3. The minimum Gasteiger partial charge on any atom is -0.466 e. The number of alkyl halides is 3. The second-order valence-corrected chi connectivity index (χ2v) is 9.19. The minimum atomic E-state index is -4.87. The van der Waals surface area contributed by atoms with Gasteiger partial charge in [-0.15, -0.1) is 0 Å². The molecule has 0 N–H and O–H groups in total. The molecule has 0 aromatic heterocycles. The number of unbranched alkanes of at least 4 members (excludes halogenated alkanes) is 1. The van der Waals surface area contributed by atoms with Crippen LogP contribution in [0.1, 0.15) is 59.3 Å². The molecule has 0 fully saturated rings. The Morgan fingerprint density at radius 2 is 1.78 bits per heavy atom. The largest absolute Gasteiger partial charge is 0.466 e. The van der Waals surface area contributed by atoms with Gasteiger partial charge in [-0.2, -0.15) is 13.2 Å². The molecule has 32 heavy (non-hydrogen) atoms. The van der Waals surface area contributed by atoms with Crippen LogP contribution in [0.25, 0.3) is 0 Å². The van der Waals surface area contributed by atoms with E-state index < -0.39 is 51.7 Å². The van der Waals surface area contributed by atoms with Crippen LogP contribution >= 0.6 is 0 Å². The Labute approximate surface area is 184 Å². The minimum absolute atomic E-state index is 0.125. The zero-order chi connectivity index (χ0) is 23.7. The number of hydrogen-bond acceptors (Lipinski definition) is 5. The van der Waals surface area contributed by atoms with Crippen LogP contribution in [-0.4, -0.2) is 31.2 Å². The van der Waals surface area contributed by atoms with Crippen molar-refractivity contribution in [1.82, 2.24) is 4.31 Å². The number of amides is 1. The highest BCUT2D eigenvalue weighted by atomic mass is 32.2. The second kappa shape index (κ2) is 8.93. The summed E-state index contributed by atoms with van der Waals surface area (Å²) >= 11 is 0. The first-order chi connectivity index (χ1) is 15.0. The maximum atomic E-state index is 13.5. The topological polar surface area (TPSA) is 80.8 Å². The highest BCUT2D eigenvalue weighted by Gasteiger charge is 2.49. The maximum absolute atomic E-state index is 13.5. The molecule has 2 aromatic carbocycles. The molecule has 0 aliphatic carbocycles. The molecule has 0 bridgehead atoms. The highest BCUT2D eigenvalue weighted by Crippen LogP contribution is 2.45. The van der Waals surface area contributed by atoms with Gasteiger partial charge >= 0.3 is 12.1 Å². The van der Waals surface area contributed by atoms with Gasteiger partial charge in [-0.1, -0.05) is 43.7 Å². The molecular formula is C22H22F3NO5S. The molecule has 0 saturated carbocycles. The normalized spacial score (nSPS) is 17.2. The highest BCUT2D eigenvalue weighted by molar-refractivity contribution is 7.90. The van der Waals surface area contributed by atoms with Crippen LogP contribution in [0, 0.1) is 6.92 Å². The fourth-order valence-corrected chi connectivity index (χ4v) is 5.72. The lowest BCUT2D eigenvalue weighted by atomic mass is 10.00. The number of fused-ring (bicyclic) bond motifs is 1. The molecule has 1 aliphatic rings. The zero-order valence-corrected chi connectivity index (χ0v) is 18.3. The number of nitrogens with zero attached hydrogens (tertiary/aromatic N) is 1. The molecular weight excluding hydrogens is 447 g/mol. The number of ether oxygens (including phenoxy) is 1. The molecule has 3 rings (SSSR count). The smallest absolute Gasteiger partial charge is 0.417 e. The molecule has 1 atom stereocenters. The molecule has 0 saturated heterocycles. The Bertz CT molecular complexity index is 1140. The van der Waals surface area contributed by atoms with Gasteiger partial charge in [0.15, 0.2) is 0 Å². The first-order valence-corrected chi connectivity index (χ1v) is 11.4. The number of carbonyl (C=O) groups is 2. The average Bonchev–Trinajstić information content (AvgIpc) is 2.94. The van der Waals surface area contributed by atoms with Gasteiger partial charge in [-0.3, -0.25) is 9.59 Å². The van der Waals surface area contributed by atoms with Gasteiger partial charge in [-0.25, -0.2) is 12.7 Å². The Hall–Kier alpha value is -2.88. The van der Waals surface area contributed by atoms with Crippen molar-refractivity contribution < 1.29 is 35.9 Å². The van der Waals surface area contributed by atoms with Crippen LogP contribution < -0.4 is 0 Å². The van der Waals surface area contributed by atoms with E-state index in [4.69, 9.17) is 4.74 Å². The van der Waals surface area contributed by atoms with E-state index in [1.165, 1.54) is 25.1 Å². The van der Waals surface area contributed by atoms with Crippen molar-refractivity contribution in [2.45, 2.75) is 50.2 Å². The van der Waals surface area contributed by atoms with Crippen LogP contribution in [0.4, 0.5) is 13.2 Å². The van der Waals surface area contributed by atoms with Gasteiger partial charge in [0.25, 0.3) is 15.9 Å². The summed E-state index contributed by atoms with van der Waals surface area (Å²) < 4.78 is 72.6. The third-order valence-electron chi connectivity index (χ3n) is 5.19. The number of benzene rings is 2. The van der Waals surface area contributed by atoms with E-state index >= 15 is 0 Å². The average molecular weight is 469 g/mol. The third-order valence-corrected chi connectivity index (χ3v) is 7.20. The number of aryl methyl sites for hydroxylation is 1. The van der Waals surface area contributed by atoms with Gasteiger partial charge in [0, 0.05) is 0 Å².